The van der Waals surface area contributed by atoms with Gasteiger partial charge in [-0.05, 0) is 19.4 Å². The van der Waals surface area contributed by atoms with E-state index in [1.165, 1.54) is 0 Å². The molecule has 0 amide bonds. The second-order valence-corrected chi connectivity index (χ2v) is 4.07. The zero-order chi connectivity index (χ0) is 9.31. The zero-order valence-corrected chi connectivity index (χ0v) is 7.71. The van der Waals surface area contributed by atoms with Crippen molar-refractivity contribution in [1.82, 2.24) is 4.90 Å². The molecule has 2 aliphatic rings. The van der Waals surface area contributed by atoms with Crippen LogP contribution in [0.2, 0.25) is 0 Å². The number of aliphatic hydroxyl groups excluding tert-OH is 1. The highest BCUT2D eigenvalue weighted by atomic mass is 19.1. The SMILES string of the molecule is OCC1(F)CCCN(C2COC2)C1. The molecule has 0 aromatic rings. The van der Waals surface area contributed by atoms with Crippen LogP contribution in [0.5, 0.6) is 0 Å². The Hall–Kier alpha value is -0.190. The molecule has 0 saturated carbocycles. The number of ether oxygens (including phenoxy) is 1. The Morgan fingerprint density at radius 3 is 2.85 bits per heavy atom. The van der Waals surface area contributed by atoms with Gasteiger partial charge in [-0.15, -0.1) is 0 Å². The van der Waals surface area contributed by atoms with Crippen LogP contribution in [0.1, 0.15) is 12.8 Å². The minimum Gasteiger partial charge on any atom is -0.393 e. The van der Waals surface area contributed by atoms with Gasteiger partial charge in [0.2, 0.25) is 0 Å². The first-order valence-corrected chi connectivity index (χ1v) is 4.85. The number of piperidine rings is 1. The van der Waals surface area contributed by atoms with E-state index >= 15 is 0 Å². The van der Waals surface area contributed by atoms with Crippen molar-refractivity contribution >= 4 is 0 Å². The molecule has 1 atom stereocenters. The Kier molecular flexibility index (Phi) is 2.53. The van der Waals surface area contributed by atoms with Gasteiger partial charge in [-0.3, -0.25) is 4.90 Å². The van der Waals surface area contributed by atoms with E-state index < -0.39 is 5.67 Å². The molecule has 1 unspecified atom stereocenters. The Morgan fingerprint density at radius 2 is 2.31 bits per heavy atom. The molecule has 0 aromatic carbocycles. The van der Waals surface area contributed by atoms with Crippen molar-refractivity contribution in [1.29, 1.82) is 0 Å². The van der Waals surface area contributed by atoms with Gasteiger partial charge in [0.05, 0.1) is 25.9 Å². The van der Waals surface area contributed by atoms with Crippen LogP contribution in [0.3, 0.4) is 0 Å². The number of likely N-dealkylation sites (tertiary alicyclic amines) is 1. The van der Waals surface area contributed by atoms with Crippen molar-refractivity contribution in [3.8, 4) is 0 Å². The van der Waals surface area contributed by atoms with Gasteiger partial charge in [-0.25, -0.2) is 4.39 Å². The van der Waals surface area contributed by atoms with Crippen LogP contribution in [0.15, 0.2) is 0 Å². The van der Waals surface area contributed by atoms with Crippen LogP contribution in [-0.2, 0) is 4.74 Å². The van der Waals surface area contributed by atoms with E-state index in [0.29, 0.717) is 19.0 Å². The van der Waals surface area contributed by atoms with Crippen molar-refractivity contribution < 1.29 is 14.2 Å². The lowest BCUT2D eigenvalue weighted by atomic mass is 9.94. The lowest BCUT2D eigenvalue weighted by Crippen LogP contribution is -2.57. The van der Waals surface area contributed by atoms with Crippen molar-refractivity contribution in [2.75, 3.05) is 32.9 Å². The Balaban J connectivity index is 1.91. The zero-order valence-electron chi connectivity index (χ0n) is 7.71. The van der Waals surface area contributed by atoms with Crippen molar-refractivity contribution in [2.45, 2.75) is 24.6 Å². The molecule has 4 heteroatoms. The summed E-state index contributed by atoms with van der Waals surface area (Å²) in [6.07, 6.45) is 1.33. The fourth-order valence-corrected chi connectivity index (χ4v) is 2.00. The van der Waals surface area contributed by atoms with Gasteiger partial charge < -0.3 is 9.84 Å². The summed E-state index contributed by atoms with van der Waals surface area (Å²) in [6, 6.07) is 0.391. The normalized spacial score (nSPS) is 37.4. The summed E-state index contributed by atoms with van der Waals surface area (Å²) in [6.45, 7) is 2.41. The smallest absolute Gasteiger partial charge is 0.146 e. The van der Waals surface area contributed by atoms with Crippen LogP contribution in [0.4, 0.5) is 4.39 Å². The lowest BCUT2D eigenvalue weighted by Gasteiger charge is -2.43. The Labute approximate surface area is 77.5 Å². The fraction of sp³-hybridized carbons (Fsp3) is 1.00. The number of hydrogen-bond donors (Lipinski definition) is 1. The predicted octanol–water partition coefficient (Wildman–Crippen LogP) is 0.182. The van der Waals surface area contributed by atoms with E-state index in [1.807, 2.05) is 0 Å². The van der Waals surface area contributed by atoms with Crippen LogP contribution >= 0.6 is 0 Å². The molecule has 2 rings (SSSR count). The van der Waals surface area contributed by atoms with Crippen LogP contribution in [0.25, 0.3) is 0 Å². The second kappa shape index (κ2) is 3.52. The molecule has 13 heavy (non-hydrogen) atoms. The van der Waals surface area contributed by atoms with Gasteiger partial charge in [-0.1, -0.05) is 0 Å². The molecule has 2 fully saturated rings. The summed E-state index contributed by atoms with van der Waals surface area (Å²) in [5.41, 5.74) is -1.37. The minimum atomic E-state index is -1.37. The largest absolute Gasteiger partial charge is 0.393 e. The Morgan fingerprint density at radius 1 is 1.54 bits per heavy atom. The molecular formula is C9H16FNO2. The lowest BCUT2D eigenvalue weighted by molar-refractivity contribution is -0.100. The van der Waals surface area contributed by atoms with Crippen LogP contribution in [-0.4, -0.2) is 54.6 Å². The van der Waals surface area contributed by atoms with Crippen LogP contribution in [0, 0.1) is 0 Å². The molecule has 2 aliphatic heterocycles. The van der Waals surface area contributed by atoms with Gasteiger partial charge in [-0.2, -0.15) is 0 Å². The third-order valence-corrected chi connectivity index (χ3v) is 2.98. The molecule has 0 radical (unpaired) electrons. The molecule has 0 aromatic heterocycles. The third kappa shape index (κ3) is 1.85. The summed E-state index contributed by atoms with van der Waals surface area (Å²) in [4.78, 5) is 2.10. The van der Waals surface area contributed by atoms with E-state index in [2.05, 4.69) is 4.90 Å². The summed E-state index contributed by atoms with van der Waals surface area (Å²) in [7, 11) is 0. The van der Waals surface area contributed by atoms with Gasteiger partial charge in [0.1, 0.15) is 5.67 Å². The number of aliphatic hydroxyl groups is 1. The highest BCUT2D eigenvalue weighted by Crippen LogP contribution is 2.27. The number of alkyl halides is 1. The van der Waals surface area contributed by atoms with Crippen molar-refractivity contribution in [3.05, 3.63) is 0 Å². The molecule has 1 N–H and O–H groups in total. The average Bonchev–Trinajstić information content (AvgIpc) is 2.01. The highest BCUT2D eigenvalue weighted by Gasteiger charge is 2.39. The van der Waals surface area contributed by atoms with Gasteiger partial charge >= 0.3 is 0 Å². The molecule has 3 nitrogen and oxygen atoms in total. The van der Waals surface area contributed by atoms with Gasteiger partial charge in [0.25, 0.3) is 0 Å². The first-order chi connectivity index (χ1) is 6.23. The summed E-state index contributed by atoms with van der Waals surface area (Å²) in [5.74, 6) is 0. The van der Waals surface area contributed by atoms with Crippen molar-refractivity contribution in [2.24, 2.45) is 0 Å². The average molecular weight is 189 g/mol. The minimum absolute atomic E-state index is 0.350. The monoisotopic (exact) mass is 189 g/mol. The molecule has 2 saturated heterocycles. The molecule has 0 aliphatic carbocycles. The van der Waals surface area contributed by atoms with E-state index in [4.69, 9.17) is 9.84 Å². The van der Waals surface area contributed by atoms with E-state index in [-0.39, 0.29) is 6.61 Å². The van der Waals surface area contributed by atoms with E-state index in [9.17, 15) is 4.39 Å². The molecule has 76 valence electrons. The quantitative estimate of drug-likeness (QED) is 0.672. The fourth-order valence-electron chi connectivity index (χ4n) is 2.00. The van der Waals surface area contributed by atoms with Gasteiger partial charge in [0.15, 0.2) is 0 Å². The maximum absolute atomic E-state index is 13.7. The third-order valence-electron chi connectivity index (χ3n) is 2.98. The molecule has 2 heterocycles. The molecule has 0 bridgehead atoms. The molecule has 0 spiro atoms. The molecular weight excluding hydrogens is 173 g/mol. The standard InChI is InChI=1S/C9H16FNO2/c10-9(7-12)2-1-3-11(6-9)8-4-13-5-8/h8,12H,1-7H2. The van der Waals surface area contributed by atoms with Crippen LogP contribution < -0.4 is 0 Å². The highest BCUT2D eigenvalue weighted by molar-refractivity contribution is 4.91. The van der Waals surface area contributed by atoms with Gasteiger partial charge in [0, 0.05) is 6.54 Å². The Bertz CT molecular complexity index is 186. The number of rotatable bonds is 2. The van der Waals surface area contributed by atoms with Crippen molar-refractivity contribution in [3.63, 3.8) is 0 Å². The second-order valence-electron chi connectivity index (χ2n) is 4.07. The summed E-state index contributed by atoms with van der Waals surface area (Å²) < 4.78 is 18.8. The maximum Gasteiger partial charge on any atom is 0.146 e. The number of nitrogens with zero attached hydrogens (tertiary/aromatic N) is 1. The number of hydrogen-bond acceptors (Lipinski definition) is 3. The predicted molar refractivity (Wildman–Crippen MR) is 46.3 cm³/mol. The first-order valence-electron chi connectivity index (χ1n) is 4.85. The first kappa shape index (κ1) is 9.37. The maximum atomic E-state index is 13.7. The summed E-state index contributed by atoms with van der Waals surface area (Å²) in [5, 5.41) is 8.91. The number of halogens is 1. The topological polar surface area (TPSA) is 32.7 Å². The van der Waals surface area contributed by atoms with E-state index in [0.717, 1.165) is 26.2 Å². The summed E-state index contributed by atoms with van der Waals surface area (Å²) >= 11 is 0. The van der Waals surface area contributed by atoms with E-state index in [1.54, 1.807) is 0 Å².